The summed E-state index contributed by atoms with van der Waals surface area (Å²) in [4.78, 5) is 4.00. The molecule has 1 atom stereocenters. The number of pyridine rings is 2. The standard InChI is InChI=1S/C29H26F4N2O4/c1-18(2)20-3-7-23(8-4-20)37-27-10-6-22(17-35(27)36)24(15-19-11-13-34-14-12-19)21-5-9-25(38-28(30)31)26(16-21)39-29(32)33/h3-14,16-18,24,28-29H,15H2,1-2H3. The number of alkyl halides is 4. The van der Waals surface area contributed by atoms with E-state index >= 15 is 0 Å². The first-order valence-electron chi connectivity index (χ1n) is 12.1. The molecule has 0 saturated heterocycles. The lowest BCUT2D eigenvalue weighted by molar-refractivity contribution is -0.611. The molecule has 0 spiro atoms. The molecule has 2 aromatic carbocycles. The molecule has 39 heavy (non-hydrogen) atoms. The zero-order valence-corrected chi connectivity index (χ0v) is 21.1. The fraction of sp³-hybridized carbons (Fsp3) is 0.241. The Labute approximate surface area is 223 Å². The predicted octanol–water partition coefficient (Wildman–Crippen LogP) is 7.21. The highest BCUT2D eigenvalue weighted by atomic mass is 19.3. The molecule has 4 aromatic rings. The number of hydrogen-bond donors (Lipinski definition) is 0. The van der Waals surface area contributed by atoms with Crippen LogP contribution in [0, 0.1) is 5.21 Å². The number of nitrogens with zero attached hydrogens (tertiary/aromatic N) is 2. The Morgan fingerprint density at radius 3 is 2.00 bits per heavy atom. The first-order valence-corrected chi connectivity index (χ1v) is 12.1. The molecule has 204 valence electrons. The van der Waals surface area contributed by atoms with Gasteiger partial charge in [-0.25, -0.2) is 0 Å². The molecule has 6 nitrogen and oxygen atoms in total. The molecule has 2 aromatic heterocycles. The van der Waals surface area contributed by atoms with Gasteiger partial charge >= 0.3 is 19.1 Å². The summed E-state index contributed by atoms with van der Waals surface area (Å²) in [7, 11) is 0. The van der Waals surface area contributed by atoms with Gasteiger partial charge in [-0.05, 0) is 71.5 Å². The molecule has 10 heteroatoms. The van der Waals surface area contributed by atoms with Crippen LogP contribution in [0.4, 0.5) is 17.6 Å². The van der Waals surface area contributed by atoms with Gasteiger partial charge in [0.1, 0.15) is 5.75 Å². The number of halogens is 4. The quantitative estimate of drug-likeness (QED) is 0.114. The van der Waals surface area contributed by atoms with E-state index in [1.807, 2.05) is 12.1 Å². The minimum Gasteiger partial charge on any atom is -0.616 e. The van der Waals surface area contributed by atoms with E-state index in [2.05, 4.69) is 28.3 Å². The van der Waals surface area contributed by atoms with E-state index in [0.29, 0.717) is 33.9 Å². The molecule has 0 amide bonds. The Kier molecular flexibility index (Phi) is 8.85. The largest absolute Gasteiger partial charge is 0.616 e. The number of ether oxygens (including phenoxy) is 3. The summed E-state index contributed by atoms with van der Waals surface area (Å²) < 4.78 is 66.9. The highest BCUT2D eigenvalue weighted by Gasteiger charge is 2.23. The average molecular weight is 543 g/mol. The van der Waals surface area contributed by atoms with Gasteiger partial charge < -0.3 is 19.4 Å². The molecule has 2 heterocycles. The summed E-state index contributed by atoms with van der Waals surface area (Å²) in [5.74, 6) is -0.713. The summed E-state index contributed by atoms with van der Waals surface area (Å²) in [6.45, 7) is -2.33. The Balaban J connectivity index is 1.68. The van der Waals surface area contributed by atoms with E-state index in [4.69, 9.17) is 4.74 Å². The van der Waals surface area contributed by atoms with Crippen LogP contribution in [0.3, 0.4) is 0 Å². The van der Waals surface area contributed by atoms with E-state index in [1.165, 1.54) is 24.4 Å². The number of aromatic nitrogens is 2. The van der Waals surface area contributed by atoms with Gasteiger partial charge in [-0.3, -0.25) is 4.98 Å². The van der Waals surface area contributed by atoms with Crippen LogP contribution in [0.25, 0.3) is 0 Å². The lowest BCUT2D eigenvalue weighted by Crippen LogP contribution is -2.29. The smallest absolute Gasteiger partial charge is 0.387 e. The van der Waals surface area contributed by atoms with Crippen molar-refractivity contribution in [2.75, 3.05) is 0 Å². The van der Waals surface area contributed by atoms with Gasteiger partial charge in [-0.2, -0.15) is 17.6 Å². The average Bonchev–Trinajstić information content (AvgIpc) is 2.90. The minimum atomic E-state index is -3.26. The Morgan fingerprint density at radius 1 is 0.769 bits per heavy atom. The third-order valence-corrected chi connectivity index (χ3v) is 6.06. The summed E-state index contributed by atoms with van der Waals surface area (Å²) >= 11 is 0. The van der Waals surface area contributed by atoms with Crippen molar-refractivity contribution in [3.8, 4) is 23.1 Å². The van der Waals surface area contributed by atoms with Crippen molar-refractivity contribution in [2.24, 2.45) is 0 Å². The van der Waals surface area contributed by atoms with Gasteiger partial charge in [0.25, 0.3) is 0 Å². The highest BCUT2D eigenvalue weighted by Crippen LogP contribution is 2.37. The molecule has 0 bridgehead atoms. The van der Waals surface area contributed by atoms with E-state index in [1.54, 1.807) is 42.7 Å². The molecule has 0 saturated carbocycles. The maximum absolute atomic E-state index is 13.0. The fourth-order valence-electron chi connectivity index (χ4n) is 4.12. The molecule has 0 aliphatic carbocycles. The van der Waals surface area contributed by atoms with E-state index in [9.17, 15) is 22.8 Å². The number of benzene rings is 2. The molecular weight excluding hydrogens is 516 g/mol. The van der Waals surface area contributed by atoms with Crippen LogP contribution in [-0.4, -0.2) is 18.2 Å². The highest BCUT2D eigenvalue weighted by molar-refractivity contribution is 5.46. The zero-order chi connectivity index (χ0) is 27.9. The second-order valence-electron chi connectivity index (χ2n) is 9.03. The fourth-order valence-corrected chi connectivity index (χ4v) is 4.12. The van der Waals surface area contributed by atoms with Gasteiger partial charge in [-0.15, -0.1) is 4.73 Å². The Bertz CT molecular complexity index is 1370. The van der Waals surface area contributed by atoms with E-state index < -0.39 is 30.6 Å². The normalized spacial score (nSPS) is 12.1. The molecule has 1 unspecified atom stereocenters. The van der Waals surface area contributed by atoms with E-state index in [0.717, 1.165) is 17.2 Å². The van der Waals surface area contributed by atoms with E-state index in [-0.39, 0.29) is 5.88 Å². The maximum atomic E-state index is 13.0. The van der Waals surface area contributed by atoms with Crippen LogP contribution >= 0.6 is 0 Å². The van der Waals surface area contributed by atoms with Gasteiger partial charge in [0.2, 0.25) is 0 Å². The molecule has 0 radical (unpaired) electrons. The van der Waals surface area contributed by atoms with Gasteiger partial charge in [0.05, 0.1) is 6.07 Å². The van der Waals surface area contributed by atoms with Crippen molar-refractivity contribution in [3.05, 3.63) is 113 Å². The monoisotopic (exact) mass is 542 g/mol. The second-order valence-corrected chi connectivity index (χ2v) is 9.03. The molecule has 4 rings (SSSR count). The van der Waals surface area contributed by atoms with Gasteiger partial charge in [0, 0.05) is 23.9 Å². The topological polar surface area (TPSA) is 67.5 Å². The van der Waals surface area contributed by atoms with Crippen molar-refractivity contribution in [3.63, 3.8) is 0 Å². The predicted molar refractivity (Wildman–Crippen MR) is 135 cm³/mol. The molecular formula is C29H26F4N2O4. The van der Waals surface area contributed by atoms with Crippen LogP contribution < -0.4 is 18.9 Å². The van der Waals surface area contributed by atoms with Crippen molar-refractivity contribution in [2.45, 2.75) is 45.3 Å². The molecule has 0 aliphatic rings. The number of hydrogen-bond acceptors (Lipinski definition) is 5. The van der Waals surface area contributed by atoms with Crippen LogP contribution in [0.2, 0.25) is 0 Å². The van der Waals surface area contributed by atoms with Crippen molar-refractivity contribution in [1.82, 2.24) is 4.98 Å². The molecule has 0 N–H and O–H groups in total. The summed E-state index contributed by atoms with van der Waals surface area (Å²) in [6.07, 6.45) is 4.89. The van der Waals surface area contributed by atoms with Crippen molar-refractivity contribution >= 4 is 0 Å². The maximum Gasteiger partial charge on any atom is 0.387 e. The second kappa shape index (κ2) is 12.5. The molecule has 0 aliphatic heterocycles. The summed E-state index contributed by atoms with van der Waals surface area (Å²) in [5.41, 5.74) is 2.96. The summed E-state index contributed by atoms with van der Waals surface area (Å²) in [6, 6.07) is 18.0. The molecule has 0 fully saturated rings. The lowest BCUT2D eigenvalue weighted by Gasteiger charge is -2.20. The van der Waals surface area contributed by atoms with Gasteiger partial charge in [0.15, 0.2) is 17.7 Å². The number of rotatable bonds is 11. The van der Waals surface area contributed by atoms with Gasteiger partial charge in [-0.1, -0.05) is 32.0 Å². The minimum absolute atomic E-state index is 0.0427. The Hall–Kier alpha value is -4.34. The van der Waals surface area contributed by atoms with Crippen LogP contribution in [0.5, 0.6) is 23.1 Å². The van der Waals surface area contributed by atoms with Crippen LogP contribution in [0.1, 0.15) is 47.9 Å². The third-order valence-electron chi connectivity index (χ3n) is 6.06. The van der Waals surface area contributed by atoms with Crippen LogP contribution in [0.15, 0.2) is 85.3 Å². The SMILES string of the molecule is CC(C)c1ccc(Oc2ccc(C(Cc3ccncc3)c3ccc(OC(F)F)c(OC(F)F)c3)c[n+]2[O-])cc1. The Morgan fingerprint density at radius 2 is 1.38 bits per heavy atom. The zero-order valence-electron chi connectivity index (χ0n) is 21.1. The van der Waals surface area contributed by atoms with Crippen molar-refractivity contribution < 1.29 is 36.5 Å². The first-order chi connectivity index (χ1) is 18.7. The summed E-state index contributed by atoms with van der Waals surface area (Å²) in [5, 5.41) is 13.0. The first kappa shape index (κ1) is 27.7. The third kappa shape index (κ3) is 7.37. The van der Waals surface area contributed by atoms with Crippen LogP contribution in [-0.2, 0) is 6.42 Å². The lowest BCUT2D eigenvalue weighted by atomic mass is 9.87. The van der Waals surface area contributed by atoms with Crippen molar-refractivity contribution in [1.29, 1.82) is 0 Å².